The molecular weight excluding hydrogens is 172 g/mol. The second kappa shape index (κ2) is 6.62. The van der Waals surface area contributed by atoms with Crippen LogP contribution in [0.1, 0.15) is 45.4 Å². The highest BCUT2D eigenvalue weighted by Gasteiger charge is 2.04. The molecule has 1 unspecified atom stereocenters. The molecule has 14 heavy (non-hydrogen) atoms. The number of hydrogen-bond acceptors (Lipinski definition) is 2. The van der Waals surface area contributed by atoms with Crippen molar-refractivity contribution in [2.75, 3.05) is 6.54 Å². The molecule has 2 heteroatoms. The summed E-state index contributed by atoms with van der Waals surface area (Å²) in [5.74, 6) is 0. The van der Waals surface area contributed by atoms with Gasteiger partial charge in [0.2, 0.25) is 0 Å². The van der Waals surface area contributed by atoms with Crippen LogP contribution in [0.4, 0.5) is 0 Å². The summed E-state index contributed by atoms with van der Waals surface area (Å²) in [7, 11) is 0. The summed E-state index contributed by atoms with van der Waals surface area (Å²) < 4.78 is 0. The van der Waals surface area contributed by atoms with Crippen LogP contribution in [0.15, 0.2) is 11.6 Å². The first-order chi connectivity index (χ1) is 6.83. The Hall–Kier alpha value is -0.810. The highest BCUT2D eigenvalue weighted by atomic mass is 14.9. The maximum absolute atomic E-state index is 8.48. The molecule has 0 aromatic rings. The Morgan fingerprint density at radius 1 is 1.57 bits per heavy atom. The molecule has 0 fully saturated rings. The maximum atomic E-state index is 8.48. The Balaban J connectivity index is 2.08. The molecule has 0 aromatic heterocycles. The van der Waals surface area contributed by atoms with Crippen LogP contribution < -0.4 is 5.32 Å². The average Bonchev–Trinajstić information content (AvgIpc) is 2.20. The zero-order chi connectivity index (χ0) is 10.2. The van der Waals surface area contributed by atoms with Gasteiger partial charge < -0.3 is 5.32 Å². The standard InChI is InChI=1S/C12H20N2/c1-11(7-9-13)14-10-8-12-5-3-2-4-6-12/h5,11,14H,2-4,6-8,10H2,1H3. The van der Waals surface area contributed by atoms with Gasteiger partial charge in [-0.1, -0.05) is 11.6 Å². The molecule has 2 nitrogen and oxygen atoms in total. The monoisotopic (exact) mass is 192 g/mol. The predicted molar refractivity (Wildman–Crippen MR) is 58.9 cm³/mol. The van der Waals surface area contributed by atoms with Gasteiger partial charge in [-0.25, -0.2) is 0 Å². The van der Waals surface area contributed by atoms with Gasteiger partial charge in [0, 0.05) is 6.04 Å². The van der Waals surface area contributed by atoms with E-state index in [1.54, 1.807) is 5.57 Å². The van der Waals surface area contributed by atoms with Crippen LogP contribution >= 0.6 is 0 Å². The van der Waals surface area contributed by atoms with Gasteiger partial charge in [-0.05, 0) is 45.6 Å². The zero-order valence-corrected chi connectivity index (χ0v) is 9.05. The van der Waals surface area contributed by atoms with Crippen LogP contribution in [0.25, 0.3) is 0 Å². The summed E-state index contributed by atoms with van der Waals surface area (Å²) in [6.07, 6.45) is 9.44. The summed E-state index contributed by atoms with van der Waals surface area (Å²) in [6.45, 7) is 3.09. The average molecular weight is 192 g/mol. The van der Waals surface area contributed by atoms with E-state index in [0.717, 1.165) is 13.0 Å². The van der Waals surface area contributed by atoms with E-state index in [-0.39, 0.29) is 0 Å². The van der Waals surface area contributed by atoms with Crippen LogP contribution in [-0.2, 0) is 0 Å². The molecule has 0 heterocycles. The minimum atomic E-state index is 0.337. The number of nitriles is 1. The van der Waals surface area contributed by atoms with Crippen molar-refractivity contribution in [1.29, 1.82) is 5.26 Å². The van der Waals surface area contributed by atoms with Gasteiger partial charge in [-0.15, -0.1) is 0 Å². The predicted octanol–water partition coefficient (Wildman–Crippen LogP) is 2.77. The smallest absolute Gasteiger partial charge is 0.0638 e. The lowest BCUT2D eigenvalue weighted by Crippen LogP contribution is -2.26. The van der Waals surface area contributed by atoms with E-state index in [4.69, 9.17) is 5.26 Å². The number of allylic oxidation sites excluding steroid dienone is 1. The van der Waals surface area contributed by atoms with Crippen molar-refractivity contribution in [2.24, 2.45) is 0 Å². The first-order valence-electron chi connectivity index (χ1n) is 5.61. The fourth-order valence-corrected chi connectivity index (χ4v) is 1.82. The lowest BCUT2D eigenvalue weighted by molar-refractivity contribution is 0.549. The minimum absolute atomic E-state index is 0.337. The second-order valence-electron chi connectivity index (χ2n) is 4.08. The molecule has 0 spiro atoms. The van der Waals surface area contributed by atoms with Crippen LogP contribution in [0.5, 0.6) is 0 Å². The third-order valence-electron chi connectivity index (χ3n) is 2.72. The van der Waals surface area contributed by atoms with Crippen LogP contribution in [0, 0.1) is 11.3 Å². The summed E-state index contributed by atoms with van der Waals surface area (Å²) in [6, 6.07) is 2.52. The van der Waals surface area contributed by atoms with Crippen molar-refractivity contribution in [3.8, 4) is 6.07 Å². The summed E-state index contributed by atoms with van der Waals surface area (Å²) in [5.41, 5.74) is 1.60. The summed E-state index contributed by atoms with van der Waals surface area (Å²) >= 11 is 0. The van der Waals surface area contributed by atoms with E-state index in [1.165, 1.54) is 25.7 Å². The molecule has 0 aromatic carbocycles. The molecule has 0 saturated heterocycles. The van der Waals surface area contributed by atoms with Crippen LogP contribution in [0.2, 0.25) is 0 Å². The molecule has 0 radical (unpaired) electrons. The number of hydrogen-bond donors (Lipinski definition) is 1. The highest BCUT2D eigenvalue weighted by molar-refractivity contribution is 5.05. The number of nitrogens with zero attached hydrogens (tertiary/aromatic N) is 1. The Labute approximate surface area is 87.0 Å². The van der Waals surface area contributed by atoms with Crippen molar-refractivity contribution >= 4 is 0 Å². The first kappa shape index (κ1) is 11.3. The molecule has 0 amide bonds. The van der Waals surface area contributed by atoms with Crippen molar-refractivity contribution in [3.05, 3.63) is 11.6 Å². The summed E-state index contributed by atoms with van der Waals surface area (Å²) in [4.78, 5) is 0. The minimum Gasteiger partial charge on any atom is -0.313 e. The molecule has 0 aliphatic heterocycles. The van der Waals surface area contributed by atoms with Crippen molar-refractivity contribution in [2.45, 2.75) is 51.5 Å². The zero-order valence-electron chi connectivity index (χ0n) is 9.05. The van der Waals surface area contributed by atoms with E-state index in [0.29, 0.717) is 12.5 Å². The van der Waals surface area contributed by atoms with Crippen LogP contribution in [-0.4, -0.2) is 12.6 Å². The van der Waals surface area contributed by atoms with Gasteiger partial charge in [-0.3, -0.25) is 0 Å². The van der Waals surface area contributed by atoms with Gasteiger partial charge >= 0.3 is 0 Å². The molecule has 1 atom stereocenters. The largest absolute Gasteiger partial charge is 0.313 e. The molecule has 78 valence electrons. The van der Waals surface area contributed by atoms with Gasteiger partial charge in [0.25, 0.3) is 0 Å². The number of rotatable bonds is 5. The van der Waals surface area contributed by atoms with Crippen molar-refractivity contribution < 1.29 is 0 Å². The van der Waals surface area contributed by atoms with E-state index in [2.05, 4.69) is 24.4 Å². The summed E-state index contributed by atoms with van der Waals surface area (Å²) in [5, 5.41) is 11.9. The molecule has 1 rings (SSSR count). The molecule has 1 N–H and O–H groups in total. The highest BCUT2D eigenvalue weighted by Crippen LogP contribution is 2.19. The quantitative estimate of drug-likeness (QED) is 0.680. The van der Waals surface area contributed by atoms with Gasteiger partial charge in [0.1, 0.15) is 0 Å². The van der Waals surface area contributed by atoms with E-state index in [1.807, 2.05) is 0 Å². The third kappa shape index (κ3) is 4.43. The van der Waals surface area contributed by atoms with Crippen molar-refractivity contribution in [1.82, 2.24) is 5.32 Å². The molecule has 0 saturated carbocycles. The normalized spacial score (nSPS) is 18.4. The van der Waals surface area contributed by atoms with E-state index in [9.17, 15) is 0 Å². The second-order valence-corrected chi connectivity index (χ2v) is 4.08. The Bertz CT molecular complexity index is 225. The fourth-order valence-electron chi connectivity index (χ4n) is 1.82. The number of nitrogens with one attached hydrogen (secondary N) is 1. The van der Waals surface area contributed by atoms with Gasteiger partial charge in [0.15, 0.2) is 0 Å². The van der Waals surface area contributed by atoms with Gasteiger partial charge in [0.05, 0.1) is 12.5 Å². The Kier molecular flexibility index (Phi) is 5.32. The Morgan fingerprint density at radius 2 is 2.43 bits per heavy atom. The lowest BCUT2D eigenvalue weighted by Gasteiger charge is -2.14. The van der Waals surface area contributed by atoms with Crippen molar-refractivity contribution in [3.63, 3.8) is 0 Å². The molecule has 0 bridgehead atoms. The van der Waals surface area contributed by atoms with E-state index < -0.39 is 0 Å². The van der Waals surface area contributed by atoms with Gasteiger partial charge in [-0.2, -0.15) is 5.26 Å². The molecule has 1 aliphatic carbocycles. The third-order valence-corrected chi connectivity index (χ3v) is 2.72. The topological polar surface area (TPSA) is 35.8 Å². The van der Waals surface area contributed by atoms with Crippen LogP contribution in [0.3, 0.4) is 0 Å². The maximum Gasteiger partial charge on any atom is 0.0638 e. The van der Waals surface area contributed by atoms with E-state index >= 15 is 0 Å². The molecular formula is C12H20N2. The molecule has 1 aliphatic rings. The first-order valence-corrected chi connectivity index (χ1v) is 5.61. The lowest BCUT2D eigenvalue weighted by atomic mass is 9.97. The SMILES string of the molecule is CC(CC#N)NCCC1=CCCCC1. The Morgan fingerprint density at radius 3 is 3.07 bits per heavy atom. The fraction of sp³-hybridized carbons (Fsp3) is 0.750.